The number of benzene rings is 3. The molecule has 3 N–H and O–H groups in total. The van der Waals surface area contributed by atoms with Crippen LogP contribution in [0.25, 0.3) is 0 Å². The van der Waals surface area contributed by atoms with E-state index in [4.69, 9.17) is 14.2 Å². The van der Waals surface area contributed by atoms with E-state index >= 15 is 0 Å². The molecule has 7 heteroatoms. The number of nitrogens with one attached hydrogen (secondary N) is 1. The predicted octanol–water partition coefficient (Wildman–Crippen LogP) is 3.74. The molecule has 0 aliphatic heterocycles. The molecular formula is C29H35NO6. The molecule has 3 rings (SSSR count). The number of aliphatic hydroxyl groups excluding tert-OH is 2. The highest BCUT2D eigenvalue weighted by molar-refractivity contribution is 5.69. The fraction of sp³-hybridized carbons (Fsp3) is 0.345. The highest BCUT2D eigenvalue weighted by Crippen LogP contribution is 2.24. The molecule has 192 valence electrons. The van der Waals surface area contributed by atoms with Crippen LogP contribution in [0, 0.1) is 0 Å². The Bertz CT molecular complexity index is 1120. The Balaban J connectivity index is 1.40. The van der Waals surface area contributed by atoms with Gasteiger partial charge in [0.05, 0.1) is 33.0 Å². The smallest absolute Gasteiger partial charge is 0.308 e. The van der Waals surface area contributed by atoms with Gasteiger partial charge in [0, 0.05) is 19.0 Å². The van der Waals surface area contributed by atoms with Gasteiger partial charge in [-0.15, -0.1) is 0 Å². The van der Waals surface area contributed by atoms with E-state index in [1.807, 2.05) is 24.3 Å². The summed E-state index contributed by atoms with van der Waals surface area (Å²) in [6.45, 7) is 3.29. The van der Waals surface area contributed by atoms with Crippen LogP contribution in [0.15, 0.2) is 66.7 Å². The zero-order valence-corrected chi connectivity index (χ0v) is 20.9. The van der Waals surface area contributed by atoms with Crippen molar-refractivity contribution in [3.63, 3.8) is 0 Å². The van der Waals surface area contributed by atoms with Crippen molar-refractivity contribution in [1.29, 1.82) is 0 Å². The van der Waals surface area contributed by atoms with Gasteiger partial charge in [0.25, 0.3) is 0 Å². The summed E-state index contributed by atoms with van der Waals surface area (Å²) in [5, 5.41) is 23.3. The van der Waals surface area contributed by atoms with Crippen LogP contribution in [0.5, 0.6) is 11.5 Å². The lowest BCUT2D eigenvalue weighted by Gasteiger charge is -2.15. The Morgan fingerprint density at radius 1 is 0.972 bits per heavy atom. The lowest BCUT2D eigenvalue weighted by Crippen LogP contribution is -2.24. The molecule has 0 amide bonds. The minimum absolute atomic E-state index is 0.280. The van der Waals surface area contributed by atoms with Crippen LogP contribution >= 0.6 is 0 Å². The van der Waals surface area contributed by atoms with Gasteiger partial charge in [-0.2, -0.15) is 0 Å². The molecule has 0 aliphatic carbocycles. The van der Waals surface area contributed by atoms with E-state index in [-0.39, 0.29) is 6.61 Å². The lowest BCUT2D eigenvalue weighted by atomic mass is 10.0. The molecule has 0 bridgehead atoms. The van der Waals surface area contributed by atoms with Crippen molar-refractivity contribution in [3.05, 3.63) is 94.5 Å². The summed E-state index contributed by atoms with van der Waals surface area (Å²) >= 11 is 0. The number of rotatable bonds is 14. The van der Waals surface area contributed by atoms with Crippen molar-refractivity contribution < 1.29 is 29.2 Å². The second-order valence-electron chi connectivity index (χ2n) is 8.56. The largest absolute Gasteiger partial charge is 0.497 e. The van der Waals surface area contributed by atoms with Gasteiger partial charge in [-0.3, -0.25) is 4.79 Å². The van der Waals surface area contributed by atoms with E-state index in [1.54, 1.807) is 25.3 Å². The third-order valence-corrected chi connectivity index (χ3v) is 5.75. The molecule has 0 saturated carbocycles. The highest BCUT2D eigenvalue weighted by atomic mass is 16.5. The summed E-state index contributed by atoms with van der Waals surface area (Å²) in [7, 11) is 1.67. The Kier molecular flexibility index (Phi) is 10.9. The fourth-order valence-corrected chi connectivity index (χ4v) is 3.86. The molecule has 1 atom stereocenters. The molecule has 3 aromatic rings. The number of esters is 1. The molecular weight excluding hydrogens is 458 g/mol. The second-order valence-corrected chi connectivity index (χ2v) is 8.56. The van der Waals surface area contributed by atoms with Crippen LogP contribution in [0.2, 0.25) is 0 Å². The monoisotopic (exact) mass is 493 g/mol. The van der Waals surface area contributed by atoms with E-state index in [0.717, 1.165) is 24.2 Å². The second kappa shape index (κ2) is 14.4. The maximum atomic E-state index is 11.2. The van der Waals surface area contributed by atoms with E-state index in [2.05, 4.69) is 29.6 Å². The molecule has 3 aromatic carbocycles. The summed E-state index contributed by atoms with van der Waals surface area (Å²) in [6.07, 6.45) is 0.901. The van der Waals surface area contributed by atoms with Gasteiger partial charge in [0.15, 0.2) is 0 Å². The van der Waals surface area contributed by atoms with E-state index in [1.165, 1.54) is 18.1 Å². The van der Waals surface area contributed by atoms with Crippen molar-refractivity contribution in [2.45, 2.75) is 39.1 Å². The van der Waals surface area contributed by atoms with Gasteiger partial charge in [0.1, 0.15) is 11.5 Å². The molecule has 0 spiro atoms. The standard InChI is InChI=1S/C29H35NO6/c1-21(32)36-29-10-9-25(17-26(29)19-31)28(33)18-30-13-11-22-5-3-7-24(15-22)20-35-14-12-23-6-4-8-27(16-23)34-2/h3-10,15-17,28,30-31,33H,11-14,18-20H2,1-2H3. The van der Waals surface area contributed by atoms with Crippen LogP contribution in [-0.4, -0.2) is 43.0 Å². The summed E-state index contributed by atoms with van der Waals surface area (Å²) < 4.78 is 16.2. The van der Waals surface area contributed by atoms with Gasteiger partial charge in [-0.05, 0) is 65.9 Å². The summed E-state index contributed by atoms with van der Waals surface area (Å²) in [6, 6.07) is 21.3. The SMILES string of the molecule is COc1cccc(CCOCc2cccc(CCNCC(O)c3ccc(OC(C)=O)c(CO)c3)c2)c1. The van der Waals surface area contributed by atoms with Gasteiger partial charge in [0.2, 0.25) is 0 Å². The zero-order valence-electron chi connectivity index (χ0n) is 20.9. The minimum Gasteiger partial charge on any atom is -0.497 e. The van der Waals surface area contributed by atoms with E-state index in [9.17, 15) is 15.0 Å². The van der Waals surface area contributed by atoms with Crippen LogP contribution in [-0.2, 0) is 35.6 Å². The first-order chi connectivity index (χ1) is 17.5. The maximum absolute atomic E-state index is 11.2. The predicted molar refractivity (Wildman–Crippen MR) is 138 cm³/mol. The quantitative estimate of drug-likeness (QED) is 0.179. The van der Waals surface area contributed by atoms with Crippen molar-refractivity contribution in [2.24, 2.45) is 0 Å². The van der Waals surface area contributed by atoms with Crippen LogP contribution in [0.1, 0.15) is 40.8 Å². The number of ether oxygens (including phenoxy) is 3. The Labute approximate surface area is 212 Å². The first-order valence-corrected chi connectivity index (χ1v) is 12.1. The van der Waals surface area contributed by atoms with Gasteiger partial charge in [-0.1, -0.05) is 42.5 Å². The number of carbonyl (C=O) groups is 1. The van der Waals surface area contributed by atoms with Gasteiger partial charge >= 0.3 is 5.97 Å². The van der Waals surface area contributed by atoms with E-state index in [0.29, 0.717) is 43.2 Å². The maximum Gasteiger partial charge on any atom is 0.308 e. The molecule has 36 heavy (non-hydrogen) atoms. The molecule has 0 heterocycles. The van der Waals surface area contributed by atoms with Crippen LogP contribution < -0.4 is 14.8 Å². The number of carbonyl (C=O) groups excluding carboxylic acids is 1. The molecule has 1 unspecified atom stereocenters. The molecule has 0 aromatic heterocycles. The number of aliphatic hydroxyl groups is 2. The van der Waals surface area contributed by atoms with E-state index < -0.39 is 12.1 Å². The van der Waals surface area contributed by atoms with Crippen LogP contribution in [0.4, 0.5) is 0 Å². The van der Waals surface area contributed by atoms with Crippen LogP contribution in [0.3, 0.4) is 0 Å². The molecule has 7 nitrogen and oxygen atoms in total. The Morgan fingerprint density at radius 2 is 1.72 bits per heavy atom. The summed E-state index contributed by atoms with van der Waals surface area (Å²) in [5.41, 5.74) is 4.62. The average Bonchev–Trinajstić information content (AvgIpc) is 2.89. The van der Waals surface area contributed by atoms with Crippen molar-refractivity contribution in [1.82, 2.24) is 5.32 Å². The lowest BCUT2D eigenvalue weighted by molar-refractivity contribution is -0.131. The first-order valence-electron chi connectivity index (χ1n) is 12.1. The first kappa shape index (κ1) is 27.4. The zero-order chi connectivity index (χ0) is 25.8. The number of hydrogen-bond acceptors (Lipinski definition) is 7. The third kappa shape index (κ3) is 8.77. The number of hydrogen-bond donors (Lipinski definition) is 3. The average molecular weight is 494 g/mol. The normalized spacial score (nSPS) is 11.8. The molecule has 0 saturated heterocycles. The molecule has 0 fully saturated rings. The van der Waals surface area contributed by atoms with Crippen molar-refractivity contribution in [2.75, 3.05) is 26.8 Å². The molecule has 0 radical (unpaired) electrons. The van der Waals surface area contributed by atoms with Gasteiger partial charge < -0.3 is 29.7 Å². The Hall–Kier alpha value is -3.23. The van der Waals surface area contributed by atoms with Gasteiger partial charge in [-0.25, -0.2) is 0 Å². The summed E-state index contributed by atoms with van der Waals surface area (Å²) in [4.78, 5) is 11.2. The minimum atomic E-state index is -0.744. The topological polar surface area (TPSA) is 97.3 Å². The molecule has 0 aliphatic rings. The highest BCUT2D eigenvalue weighted by Gasteiger charge is 2.12. The third-order valence-electron chi connectivity index (χ3n) is 5.75. The summed E-state index contributed by atoms with van der Waals surface area (Å²) in [5.74, 6) is 0.704. The van der Waals surface area contributed by atoms with Crippen molar-refractivity contribution >= 4 is 5.97 Å². The number of methoxy groups -OCH3 is 1. The van der Waals surface area contributed by atoms with Crippen molar-refractivity contribution in [3.8, 4) is 11.5 Å². The Morgan fingerprint density at radius 3 is 2.47 bits per heavy atom. The fourth-order valence-electron chi connectivity index (χ4n) is 3.86.